The number of nitrogens with one attached hydrogen (secondary N) is 1. The van der Waals surface area contributed by atoms with E-state index in [1.165, 1.54) is 34.5 Å². The third-order valence-corrected chi connectivity index (χ3v) is 8.15. The Morgan fingerprint density at radius 3 is 2.31 bits per heavy atom. The van der Waals surface area contributed by atoms with Crippen molar-refractivity contribution in [1.82, 2.24) is 10.2 Å². The molecule has 1 N–H and O–H groups in total. The first-order valence-electron chi connectivity index (χ1n) is 13.7. The van der Waals surface area contributed by atoms with E-state index in [1.54, 1.807) is 24.3 Å². The Morgan fingerprint density at radius 1 is 1.02 bits per heavy atom. The minimum atomic E-state index is -3.70. The van der Waals surface area contributed by atoms with Crippen LogP contribution in [0.4, 0.5) is 10.1 Å². The summed E-state index contributed by atoms with van der Waals surface area (Å²) in [5.74, 6) is -0.612. The molecule has 3 rings (SSSR count). The predicted octanol–water partition coefficient (Wildman–Crippen LogP) is 5.20. The van der Waals surface area contributed by atoms with E-state index in [4.69, 9.17) is 16.3 Å². The van der Waals surface area contributed by atoms with Crippen molar-refractivity contribution in [2.24, 2.45) is 0 Å². The van der Waals surface area contributed by atoms with Gasteiger partial charge in [-0.05, 0) is 54.3 Å². The highest BCUT2D eigenvalue weighted by molar-refractivity contribution is 7.92. The number of carbonyl (C=O) groups excluding carboxylic acids is 2. The quantitative estimate of drug-likeness (QED) is 0.253. The molecule has 226 valence electrons. The molecule has 0 fully saturated rings. The molecular formula is C31H37ClFN3O5S. The lowest BCUT2D eigenvalue weighted by Crippen LogP contribution is -2.50. The summed E-state index contributed by atoms with van der Waals surface area (Å²) in [6.07, 6.45) is 2.25. The van der Waals surface area contributed by atoms with Gasteiger partial charge in [-0.3, -0.25) is 13.9 Å². The van der Waals surface area contributed by atoms with E-state index in [9.17, 15) is 22.4 Å². The number of halogens is 2. The molecule has 0 unspecified atom stereocenters. The number of rotatable bonds is 15. The van der Waals surface area contributed by atoms with Gasteiger partial charge in [0.2, 0.25) is 21.8 Å². The SMILES string of the molecule is CCCNC(=O)[C@@H](Cc1ccccc1)N(Cc1ccc(F)cc1)C(=O)CCCN(c1ccc(OC)c(Cl)c1)S(C)(=O)=O. The number of hydrogen-bond donors (Lipinski definition) is 1. The highest BCUT2D eigenvalue weighted by Gasteiger charge is 2.30. The van der Waals surface area contributed by atoms with Gasteiger partial charge in [0, 0.05) is 32.5 Å². The zero-order chi connectivity index (χ0) is 30.7. The third kappa shape index (κ3) is 9.46. The molecule has 0 heterocycles. The maximum atomic E-state index is 13.8. The van der Waals surface area contributed by atoms with Gasteiger partial charge in [0.25, 0.3) is 0 Å². The lowest BCUT2D eigenvalue weighted by atomic mass is 10.0. The summed E-state index contributed by atoms with van der Waals surface area (Å²) in [4.78, 5) is 28.7. The first kappa shape index (κ1) is 32.9. The largest absolute Gasteiger partial charge is 0.495 e. The average Bonchev–Trinajstić information content (AvgIpc) is 2.96. The van der Waals surface area contributed by atoms with Gasteiger partial charge in [-0.1, -0.05) is 61.0 Å². The number of amides is 2. The number of carbonyl (C=O) groups is 2. The van der Waals surface area contributed by atoms with Crippen molar-refractivity contribution in [2.75, 3.05) is 30.8 Å². The van der Waals surface area contributed by atoms with Crippen molar-refractivity contribution in [3.63, 3.8) is 0 Å². The van der Waals surface area contributed by atoms with Gasteiger partial charge in [0.15, 0.2) is 0 Å². The van der Waals surface area contributed by atoms with Crippen molar-refractivity contribution in [3.05, 3.63) is 94.8 Å². The number of anilines is 1. The standard InChI is InChI=1S/C31H37ClFN3O5S/c1-4-18-34-31(38)28(20-23-9-6-5-7-10-23)35(22-24-12-14-25(33)15-13-24)30(37)11-8-19-36(42(3,39)40)26-16-17-29(41-2)27(32)21-26/h5-7,9-10,12-17,21,28H,4,8,11,18-20,22H2,1-3H3,(H,34,38)/t28-/m1/s1. The topological polar surface area (TPSA) is 96.0 Å². The molecule has 3 aromatic carbocycles. The molecule has 11 heteroatoms. The number of hydrogen-bond acceptors (Lipinski definition) is 5. The zero-order valence-corrected chi connectivity index (χ0v) is 25.6. The molecule has 0 aliphatic heterocycles. The average molecular weight is 618 g/mol. The fraction of sp³-hybridized carbons (Fsp3) is 0.355. The minimum Gasteiger partial charge on any atom is -0.495 e. The van der Waals surface area contributed by atoms with Crippen LogP contribution in [0.15, 0.2) is 72.8 Å². The van der Waals surface area contributed by atoms with Crippen LogP contribution in [0.2, 0.25) is 5.02 Å². The molecule has 2 amide bonds. The van der Waals surface area contributed by atoms with Gasteiger partial charge in [-0.15, -0.1) is 0 Å². The van der Waals surface area contributed by atoms with Crippen molar-refractivity contribution >= 4 is 39.1 Å². The van der Waals surface area contributed by atoms with Crippen molar-refractivity contribution in [2.45, 2.75) is 45.2 Å². The monoisotopic (exact) mass is 617 g/mol. The highest BCUT2D eigenvalue weighted by Crippen LogP contribution is 2.30. The second-order valence-electron chi connectivity index (χ2n) is 9.90. The highest BCUT2D eigenvalue weighted by atomic mass is 35.5. The minimum absolute atomic E-state index is 0.0169. The lowest BCUT2D eigenvalue weighted by molar-refractivity contribution is -0.141. The summed E-state index contributed by atoms with van der Waals surface area (Å²) < 4.78 is 45.3. The number of methoxy groups -OCH3 is 1. The van der Waals surface area contributed by atoms with Crippen LogP contribution in [-0.4, -0.2) is 57.6 Å². The molecule has 0 radical (unpaired) electrons. The Hall–Kier alpha value is -3.63. The first-order valence-corrected chi connectivity index (χ1v) is 15.9. The van der Waals surface area contributed by atoms with Crippen LogP contribution < -0.4 is 14.4 Å². The van der Waals surface area contributed by atoms with Crippen LogP contribution in [0.25, 0.3) is 0 Å². The molecule has 3 aromatic rings. The normalized spacial score (nSPS) is 11.9. The number of sulfonamides is 1. The van der Waals surface area contributed by atoms with Crippen molar-refractivity contribution < 1.29 is 27.1 Å². The van der Waals surface area contributed by atoms with E-state index >= 15 is 0 Å². The summed E-state index contributed by atoms with van der Waals surface area (Å²) >= 11 is 6.24. The van der Waals surface area contributed by atoms with Crippen LogP contribution in [-0.2, 0) is 32.6 Å². The summed E-state index contributed by atoms with van der Waals surface area (Å²) in [6.45, 7) is 2.50. The van der Waals surface area contributed by atoms with Crippen LogP contribution in [0.1, 0.15) is 37.3 Å². The number of nitrogens with zero attached hydrogens (tertiary/aromatic N) is 2. The molecule has 0 aromatic heterocycles. The van der Waals surface area contributed by atoms with Gasteiger partial charge in [0.05, 0.1) is 24.1 Å². The molecule has 0 aliphatic carbocycles. The van der Waals surface area contributed by atoms with Gasteiger partial charge >= 0.3 is 0 Å². The summed E-state index contributed by atoms with van der Waals surface area (Å²) in [7, 11) is -2.23. The van der Waals surface area contributed by atoms with E-state index in [0.29, 0.717) is 23.5 Å². The molecule has 1 atom stereocenters. The van der Waals surface area contributed by atoms with E-state index in [1.807, 2.05) is 37.3 Å². The second-order valence-corrected chi connectivity index (χ2v) is 12.2. The van der Waals surface area contributed by atoms with Gasteiger partial charge in [0.1, 0.15) is 17.6 Å². The Kier molecular flexibility index (Phi) is 12.2. The molecule has 0 bridgehead atoms. The Balaban J connectivity index is 1.87. The fourth-order valence-electron chi connectivity index (χ4n) is 4.52. The van der Waals surface area contributed by atoms with Crippen LogP contribution >= 0.6 is 11.6 Å². The predicted molar refractivity (Wildman–Crippen MR) is 164 cm³/mol. The second kappa shape index (κ2) is 15.6. The van der Waals surface area contributed by atoms with Crippen molar-refractivity contribution in [3.8, 4) is 5.75 Å². The summed E-state index contributed by atoms with van der Waals surface area (Å²) in [6, 6.07) is 19.0. The fourth-order valence-corrected chi connectivity index (χ4v) is 5.73. The smallest absolute Gasteiger partial charge is 0.243 e. The Bertz CT molecular complexity index is 1440. The third-order valence-electron chi connectivity index (χ3n) is 6.66. The number of benzene rings is 3. The molecule has 0 saturated heterocycles. The van der Waals surface area contributed by atoms with E-state index in [2.05, 4.69) is 5.32 Å². The summed E-state index contributed by atoms with van der Waals surface area (Å²) in [5.41, 5.74) is 1.89. The molecule has 8 nitrogen and oxygen atoms in total. The summed E-state index contributed by atoms with van der Waals surface area (Å²) in [5, 5.41) is 3.17. The molecule has 42 heavy (non-hydrogen) atoms. The molecule has 0 saturated carbocycles. The van der Waals surface area contributed by atoms with Crippen LogP contribution in [0, 0.1) is 5.82 Å². The number of ether oxygens (including phenoxy) is 1. The Labute approximate surface area is 252 Å². The lowest BCUT2D eigenvalue weighted by Gasteiger charge is -2.32. The van der Waals surface area contributed by atoms with E-state index in [-0.39, 0.29) is 49.2 Å². The van der Waals surface area contributed by atoms with E-state index < -0.39 is 21.9 Å². The van der Waals surface area contributed by atoms with Crippen LogP contribution in [0.3, 0.4) is 0 Å². The molecular weight excluding hydrogens is 581 g/mol. The van der Waals surface area contributed by atoms with Gasteiger partial charge in [-0.2, -0.15) is 0 Å². The maximum Gasteiger partial charge on any atom is 0.243 e. The molecule has 0 spiro atoms. The molecule has 0 aliphatic rings. The van der Waals surface area contributed by atoms with Crippen LogP contribution in [0.5, 0.6) is 5.75 Å². The Morgan fingerprint density at radius 2 is 1.71 bits per heavy atom. The zero-order valence-electron chi connectivity index (χ0n) is 24.1. The van der Waals surface area contributed by atoms with E-state index in [0.717, 1.165) is 18.2 Å². The van der Waals surface area contributed by atoms with Gasteiger partial charge in [-0.25, -0.2) is 12.8 Å². The van der Waals surface area contributed by atoms with Crippen molar-refractivity contribution in [1.29, 1.82) is 0 Å². The maximum absolute atomic E-state index is 13.8. The van der Waals surface area contributed by atoms with Gasteiger partial charge < -0.3 is 15.0 Å². The first-order chi connectivity index (χ1) is 20.0.